The zero-order valence-corrected chi connectivity index (χ0v) is 10.2. The van der Waals surface area contributed by atoms with Gasteiger partial charge in [0.25, 0.3) is 0 Å². The Hall–Kier alpha value is -0.150. The number of rotatable bonds is 3. The molecule has 16 heavy (non-hydrogen) atoms. The summed E-state index contributed by atoms with van der Waals surface area (Å²) in [6.07, 6.45) is 4.94. The standard InChI is InChI=1S/C13H23FO2/c1-2-3-10-8-15-13(16-9-10)11-4-6-12(14)7-5-11/h10-13H,2-9H2,1H3/t10-,11?,12?,13-. The fourth-order valence-electron chi connectivity index (χ4n) is 2.76. The molecule has 1 saturated carbocycles. The van der Waals surface area contributed by atoms with E-state index in [1.165, 1.54) is 12.8 Å². The molecule has 1 heterocycles. The number of hydrogen-bond donors (Lipinski definition) is 0. The molecule has 0 atom stereocenters. The van der Waals surface area contributed by atoms with E-state index in [4.69, 9.17) is 9.47 Å². The molecule has 0 spiro atoms. The minimum Gasteiger partial charge on any atom is -0.352 e. The molecular weight excluding hydrogens is 207 g/mol. The number of ether oxygens (including phenoxy) is 2. The maximum Gasteiger partial charge on any atom is 0.160 e. The maximum atomic E-state index is 13.0. The third kappa shape index (κ3) is 3.17. The molecule has 0 radical (unpaired) electrons. The Morgan fingerprint density at radius 3 is 2.25 bits per heavy atom. The third-order valence-electron chi connectivity index (χ3n) is 3.78. The number of hydrogen-bond acceptors (Lipinski definition) is 2. The second kappa shape index (κ2) is 5.97. The summed E-state index contributed by atoms with van der Waals surface area (Å²) in [4.78, 5) is 0. The van der Waals surface area contributed by atoms with Crippen molar-refractivity contribution in [1.82, 2.24) is 0 Å². The molecule has 0 aromatic heterocycles. The predicted octanol–water partition coefficient (Wildman–Crippen LogP) is 3.30. The Balaban J connectivity index is 1.72. The van der Waals surface area contributed by atoms with Gasteiger partial charge in [0.15, 0.2) is 6.29 Å². The molecule has 1 aliphatic carbocycles. The summed E-state index contributed by atoms with van der Waals surface area (Å²) in [5.41, 5.74) is 0. The zero-order valence-electron chi connectivity index (χ0n) is 10.2. The highest BCUT2D eigenvalue weighted by Gasteiger charge is 2.32. The molecule has 3 heteroatoms. The maximum absolute atomic E-state index is 13.0. The van der Waals surface area contributed by atoms with Crippen molar-refractivity contribution in [2.45, 2.75) is 57.9 Å². The van der Waals surface area contributed by atoms with Crippen molar-refractivity contribution >= 4 is 0 Å². The SMILES string of the molecule is CCC[C@H]1CO[C@H](C2CCC(F)CC2)OC1. The largest absolute Gasteiger partial charge is 0.352 e. The fraction of sp³-hybridized carbons (Fsp3) is 1.00. The average Bonchev–Trinajstić information content (AvgIpc) is 2.32. The van der Waals surface area contributed by atoms with Gasteiger partial charge in [-0.25, -0.2) is 4.39 Å². The normalized spacial score (nSPS) is 40.9. The Morgan fingerprint density at radius 1 is 1.06 bits per heavy atom. The van der Waals surface area contributed by atoms with Crippen LogP contribution in [-0.2, 0) is 9.47 Å². The van der Waals surface area contributed by atoms with Gasteiger partial charge in [0.05, 0.1) is 13.2 Å². The first-order valence-electron chi connectivity index (χ1n) is 6.67. The Labute approximate surface area is 97.5 Å². The number of halogens is 1. The molecule has 94 valence electrons. The zero-order chi connectivity index (χ0) is 11.4. The smallest absolute Gasteiger partial charge is 0.160 e. The van der Waals surface area contributed by atoms with Crippen LogP contribution in [0.5, 0.6) is 0 Å². The van der Waals surface area contributed by atoms with Gasteiger partial charge in [-0.2, -0.15) is 0 Å². The first kappa shape index (κ1) is 12.3. The van der Waals surface area contributed by atoms with Crippen LogP contribution in [0.1, 0.15) is 45.4 Å². The predicted molar refractivity (Wildman–Crippen MR) is 60.9 cm³/mol. The lowest BCUT2D eigenvalue weighted by atomic mass is 9.87. The lowest BCUT2D eigenvalue weighted by Gasteiger charge is -2.36. The highest BCUT2D eigenvalue weighted by atomic mass is 19.1. The van der Waals surface area contributed by atoms with E-state index in [-0.39, 0.29) is 6.29 Å². The van der Waals surface area contributed by atoms with E-state index in [2.05, 4.69) is 6.92 Å². The summed E-state index contributed by atoms with van der Waals surface area (Å²) in [7, 11) is 0. The van der Waals surface area contributed by atoms with Gasteiger partial charge < -0.3 is 9.47 Å². The molecule has 2 aliphatic rings. The molecule has 0 N–H and O–H groups in total. The van der Waals surface area contributed by atoms with Crippen molar-refractivity contribution in [2.75, 3.05) is 13.2 Å². The van der Waals surface area contributed by atoms with Crippen LogP contribution in [0.3, 0.4) is 0 Å². The van der Waals surface area contributed by atoms with Gasteiger partial charge in [0, 0.05) is 11.8 Å². The van der Waals surface area contributed by atoms with Gasteiger partial charge in [-0.3, -0.25) is 0 Å². The highest BCUT2D eigenvalue weighted by Crippen LogP contribution is 2.32. The molecule has 1 aliphatic heterocycles. The van der Waals surface area contributed by atoms with E-state index in [1.54, 1.807) is 0 Å². The Morgan fingerprint density at radius 2 is 1.69 bits per heavy atom. The van der Waals surface area contributed by atoms with E-state index in [9.17, 15) is 4.39 Å². The number of alkyl halides is 1. The molecule has 2 nitrogen and oxygen atoms in total. The van der Waals surface area contributed by atoms with Gasteiger partial charge in [-0.1, -0.05) is 13.3 Å². The van der Waals surface area contributed by atoms with E-state index < -0.39 is 6.17 Å². The molecule has 0 aromatic rings. The first-order chi connectivity index (χ1) is 7.79. The van der Waals surface area contributed by atoms with Gasteiger partial charge in [-0.15, -0.1) is 0 Å². The topological polar surface area (TPSA) is 18.5 Å². The molecule has 0 amide bonds. The second-order valence-electron chi connectivity index (χ2n) is 5.20. The summed E-state index contributed by atoms with van der Waals surface area (Å²) in [6.45, 7) is 3.84. The average molecular weight is 230 g/mol. The minimum atomic E-state index is -0.590. The quantitative estimate of drug-likeness (QED) is 0.740. The monoisotopic (exact) mass is 230 g/mol. The molecule has 0 bridgehead atoms. The van der Waals surface area contributed by atoms with Gasteiger partial charge in [0.2, 0.25) is 0 Å². The van der Waals surface area contributed by atoms with E-state index in [0.29, 0.717) is 24.7 Å². The van der Waals surface area contributed by atoms with Gasteiger partial charge in [-0.05, 0) is 32.1 Å². The van der Waals surface area contributed by atoms with Gasteiger partial charge in [0.1, 0.15) is 6.17 Å². The lowest BCUT2D eigenvalue weighted by molar-refractivity contribution is -0.230. The first-order valence-corrected chi connectivity index (χ1v) is 6.67. The second-order valence-corrected chi connectivity index (χ2v) is 5.20. The molecule has 2 fully saturated rings. The Kier molecular flexibility index (Phi) is 4.59. The summed E-state index contributed by atoms with van der Waals surface area (Å²) in [5.74, 6) is 0.994. The van der Waals surface area contributed by atoms with E-state index >= 15 is 0 Å². The van der Waals surface area contributed by atoms with Crippen LogP contribution < -0.4 is 0 Å². The summed E-state index contributed by atoms with van der Waals surface area (Å²) < 4.78 is 24.6. The highest BCUT2D eigenvalue weighted by molar-refractivity contribution is 4.76. The molecule has 2 rings (SSSR count). The lowest BCUT2D eigenvalue weighted by Crippen LogP contribution is -2.38. The van der Waals surface area contributed by atoms with E-state index in [1.807, 2.05) is 0 Å². The van der Waals surface area contributed by atoms with Crippen LogP contribution in [-0.4, -0.2) is 25.7 Å². The summed E-state index contributed by atoms with van der Waals surface area (Å²) in [5, 5.41) is 0. The van der Waals surface area contributed by atoms with E-state index in [0.717, 1.165) is 26.1 Å². The van der Waals surface area contributed by atoms with Crippen LogP contribution in [0.25, 0.3) is 0 Å². The fourth-order valence-corrected chi connectivity index (χ4v) is 2.76. The van der Waals surface area contributed by atoms with Crippen molar-refractivity contribution in [3.63, 3.8) is 0 Å². The molecular formula is C13H23FO2. The van der Waals surface area contributed by atoms with Crippen LogP contribution in [0.2, 0.25) is 0 Å². The van der Waals surface area contributed by atoms with Crippen LogP contribution >= 0.6 is 0 Å². The summed E-state index contributed by atoms with van der Waals surface area (Å²) >= 11 is 0. The molecule has 0 aromatic carbocycles. The van der Waals surface area contributed by atoms with Crippen molar-refractivity contribution < 1.29 is 13.9 Å². The van der Waals surface area contributed by atoms with Crippen LogP contribution in [0, 0.1) is 11.8 Å². The van der Waals surface area contributed by atoms with Crippen LogP contribution in [0.4, 0.5) is 4.39 Å². The minimum absolute atomic E-state index is 0.0550. The third-order valence-corrected chi connectivity index (χ3v) is 3.78. The van der Waals surface area contributed by atoms with Crippen molar-refractivity contribution in [1.29, 1.82) is 0 Å². The van der Waals surface area contributed by atoms with Gasteiger partial charge >= 0.3 is 0 Å². The van der Waals surface area contributed by atoms with Crippen molar-refractivity contribution in [3.05, 3.63) is 0 Å². The molecule has 1 saturated heterocycles. The Bertz CT molecular complexity index is 194. The van der Waals surface area contributed by atoms with Crippen LogP contribution in [0.15, 0.2) is 0 Å². The molecule has 0 unspecified atom stereocenters. The summed E-state index contributed by atoms with van der Waals surface area (Å²) in [6, 6.07) is 0. The van der Waals surface area contributed by atoms with Crippen molar-refractivity contribution in [2.24, 2.45) is 11.8 Å². The van der Waals surface area contributed by atoms with Crippen molar-refractivity contribution in [3.8, 4) is 0 Å².